The lowest BCUT2D eigenvalue weighted by Gasteiger charge is -2.32. The Bertz CT molecular complexity index is 275. The summed E-state index contributed by atoms with van der Waals surface area (Å²) in [6, 6.07) is 3.95. The highest BCUT2D eigenvalue weighted by atomic mass is 32.1. The zero-order valence-corrected chi connectivity index (χ0v) is 9.22. The molecule has 2 rings (SSSR count). The van der Waals surface area contributed by atoms with Crippen LogP contribution in [0.25, 0.3) is 0 Å². The molecule has 1 aromatic rings. The lowest BCUT2D eigenvalue weighted by Crippen LogP contribution is -2.34. The van der Waals surface area contributed by atoms with E-state index in [2.05, 4.69) is 0 Å². The minimum Gasteiger partial charge on any atom is -0.385 e. The first kappa shape index (κ1) is 10.1. The molecule has 0 radical (unpaired) electrons. The van der Waals surface area contributed by atoms with Gasteiger partial charge in [-0.05, 0) is 24.3 Å². The molecule has 1 heterocycles. The first-order valence-electron chi connectivity index (χ1n) is 5.05. The van der Waals surface area contributed by atoms with Crippen molar-refractivity contribution in [2.24, 2.45) is 0 Å². The predicted octanol–water partition coefficient (Wildman–Crippen LogP) is 2.74. The van der Waals surface area contributed by atoms with Gasteiger partial charge in [0, 0.05) is 12.0 Å². The molecule has 1 fully saturated rings. The highest BCUT2D eigenvalue weighted by molar-refractivity contribution is 7.10. The summed E-state index contributed by atoms with van der Waals surface area (Å²) in [7, 11) is 1.71. The molecule has 2 nitrogen and oxygen atoms in total. The number of aliphatic hydroxyl groups is 1. The van der Waals surface area contributed by atoms with Crippen LogP contribution in [-0.2, 0) is 4.74 Å². The minimum absolute atomic E-state index is 0.315. The van der Waals surface area contributed by atoms with Gasteiger partial charge < -0.3 is 9.84 Å². The first-order chi connectivity index (χ1) is 6.78. The molecule has 0 amide bonds. The van der Waals surface area contributed by atoms with E-state index < -0.39 is 6.10 Å². The van der Waals surface area contributed by atoms with Crippen molar-refractivity contribution < 1.29 is 9.84 Å². The third-order valence-electron chi connectivity index (χ3n) is 3.17. The summed E-state index contributed by atoms with van der Waals surface area (Å²) in [5.41, 5.74) is -0.315. The molecule has 14 heavy (non-hydrogen) atoms. The molecule has 1 unspecified atom stereocenters. The van der Waals surface area contributed by atoms with Gasteiger partial charge in [0.1, 0.15) is 6.10 Å². The van der Waals surface area contributed by atoms with Crippen LogP contribution in [0.5, 0.6) is 0 Å². The van der Waals surface area contributed by atoms with Crippen molar-refractivity contribution in [3.63, 3.8) is 0 Å². The summed E-state index contributed by atoms with van der Waals surface area (Å²) in [5, 5.41) is 12.2. The smallest absolute Gasteiger partial charge is 0.117 e. The highest BCUT2D eigenvalue weighted by Crippen LogP contribution is 2.43. The van der Waals surface area contributed by atoms with E-state index in [-0.39, 0.29) is 5.60 Å². The molecule has 1 saturated carbocycles. The summed E-state index contributed by atoms with van der Waals surface area (Å²) in [6.45, 7) is 0. The third-order valence-corrected chi connectivity index (χ3v) is 4.09. The maximum Gasteiger partial charge on any atom is 0.117 e. The number of hydrogen-bond acceptors (Lipinski definition) is 3. The second-order valence-corrected chi connectivity index (χ2v) is 4.87. The van der Waals surface area contributed by atoms with E-state index in [1.54, 1.807) is 18.4 Å². The molecular formula is C11H16O2S. The van der Waals surface area contributed by atoms with E-state index in [4.69, 9.17) is 4.74 Å². The molecule has 78 valence electrons. The van der Waals surface area contributed by atoms with Gasteiger partial charge in [0.15, 0.2) is 0 Å². The van der Waals surface area contributed by atoms with Gasteiger partial charge in [0.05, 0.1) is 5.60 Å². The Morgan fingerprint density at radius 2 is 2.21 bits per heavy atom. The van der Waals surface area contributed by atoms with Crippen molar-refractivity contribution in [1.29, 1.82) is 0 Å². The van der Waals surface area contributed by atoms with Gasteiger partial charge >= 0.3 is 0 Å². The van der Waals surface area contributed by atoms with Crippen molar-refractivity contribution in [3.05, 3.63) is 22.4 Å². The number of aliphatic hydroxyl groups excluding tert-OH is 1. The van der Waals surface area contributed by atoms with Crippen LogP contribution in [0.1, 0.15) is 36.7 Å². The topological polar surface area (TPSA) is 29.5 Å². The lowest BCUT2D eigenvalue weighted by atomic mass is 9.93. The highest BCUT2D eigenvalue weighted by Gasteiger charge is 2.41. The van der Waals surface area contributed by atoms with Crippen LogP contribution in [0.2, 0.25) is 0 Å². The van der Waals surface area contributed by atoms with Gasteiger partial charge in [-0.15, -0.1) is 11.3 Å². The second kappa shape index (κ2) is 4.01. The summed E-state index contributed by atoms with van der Waals surface area (Å²) in [6.07, 6.45) is 3.83. The summed E-state index contributed by atoms with van der Waals surface area (Å²) in [4.78, 5) is 1.02. The first-order valence-corrected chi connectivity index (χ1v) is 5.93. The molecule has 1 aromatic heterocycles. The molecule has 3 heteroatoms. The Labute approximate surface area is 88.5 Å². The SMILES string of the molecule is COC1(C(O)c2cccs2)CCCC1. The molecule has 0 spiro atoms. The standard InChI is InChI=1S/C11H16O2S/c1-13-11(6-2-3-7-11)10(12)9-5-4-8-14-9/h4-5,8,10,12H,2-3,6-7H2,1H3. The van der Waals surface area contributed by atoms with Crippen molar-refractivity contribution >= 4 is 11.3 Å². The van der Waals surface area contributed by atoms with E-state index in [1.807, 2.05) is 17.5 Å². The van der Waals surface area contributed by atoms with Crippen LogP contribution < -0.4 is 0 Å². The van der Waals surface area contributed by atoms with Crippen LogP contribution in [0.3, 0.4) is 0 Å². The zero-order valence-electron chi connectivity index (χ0n) is 8.40. The van der Waals surface area contributed by atoms with E-state index in [0.717, 1.165) is 30.6 Å². The molecule has 1 aliphatic rings. The van der Waals surface area contributed by atoms with Crippen molar-refractivity contribution in [2.45, 2.75) is 37.4 Å². The number of hydrogen-bond donors (Lipinski definition) is 1. The third kappa shape index (κ3) is 1.60. The largest absolute Gasteiger partial charge is 0.385 e. The van der Waals surface area contributed by atoms with Crippen molar-refractivity contribution in [1.82, 2.24) is 0 Å². The van der Waals surface area contributed by atoms with Crippen LogP contribution in [0.15, 0.2) is 17.5 Å². The van der Waals surface area contributed by atoms with Crippen LogP contribution in [-0.4, -0.2) is 17.8 Å². The van der Waals surface area contributed by atoms with E-state index in [9.17, 15) is 5.11 Å². The monoisotopic (exact) mass is 212 g/mol. The maximum absolute atomic E-state index is 10.2. The molecule has 0 aliphatic heterocycles. The second-order valence-electron chi connectivity index (χ2n) is 3.89. The summed E-state index contributed by atoms with van der Waals surface area (Å²) < 4.78 is 5.54. The average Bonchev–Trinajstić information content (AvgIpc) is 2.89. The molecule has 0 saturated heterocycles. The minimum atomic E-state index is -0.449. The number of methoxy groups -OCH3 is 1. The Hall–Kier alpha value is -0.380. The zero-order chi connectivity index (χ0) is 10.0. The molecule has 0 bridgehead atoms. The van der Waals surface area contributed by atoms with Crippen molar-refractivity contribution in [3.8, 4) is 0 Å². The van der Waals surface area contributed by atoms with Crippen LogP contribution in [0, 0.1) is 0 Å². The molecular weight excluding hydrogens is 196 g/mol. The molecule has 1 atom stereocenters. The Balaban J connectivity index is 2.19. The van der Waals surface area contributed by atoms with E-state index >= 15 is 0 Å². The van der Waals surface area contributed by atoms with Gasteiger partial charge in [0.25, 0.3) is 0 Å². The Morgan fingerprint density at radius 3 is 2.71 bits per heavy atom. The van der Waals surface area contributed by atoms with Crippen LogP contribution >= 0.6 is 11.3 Å². The van der Waals surface area contributed by atoms with E-state index in [1.165, 1.54) is 0 Å². The van der Waals surface area contributed by atoms with Crippen LogP contribution in [0.4, 0.5) is 0 Å². The predicted molar refractivity (Wildman–Crippen MR) is 57.5 cm³/mol. The average molecular weight is 212 g/mol. The summed E-state index contributed by atoms with van der Waals surface area (Å²) in [5.74, 6) is 0. The van der Waals surface area contributed by atoms with E-state index in [0.29, 0.717) is 0 Å². The fraction of sp³-hybridized carbons (Fsp3) is 0.636. The number of thiophene rings is 1. The Kier molecular flexibility index (Phi) is 2.91. The summed E-state index contributed by atoms with van der Waals surface area (Å²) >= 11 is 1.60. The fourth-order valence-electron chi connectivity index (χ4n) is 2.27. The number of rotatable bonds is 3. The van der Waals surface area contributed by atoms with Crippen molar-refractivity contribution in [2.75, 3.05) is 7.11 Å². The Morgan fingerprint density at radius 1 is 1.50 bits per heavy atom. The van der Waals surface area contributed by atoms with Gasteiger partial charge in [-0.1, -0.05) is 18.9 Å². The molecule has 0 aromatic carbocycles. The lowest BCUT2D eigenvalue weighted by molar-refractivity contribution is -0.0987. The number of ether oxygens (including phenoxy) is 1. The van der Waals surface area contributed by atoms with Gasteiger partial charge in [-0.25, -0.2) is 0 Å². The molecule has 1 aliphatic carbocycles. The maximum atomic E-state index is 10.2. The van der Waals surface area contributed by atoms with Gasteiger partial charge in [0.2, 0.25) is 0 Å². The normalized spacial score (nSPS) is 22.4. The van der Waals surface area contributed by atoms with Gasteiger partial charge in [-0.3, -0.25) is 0 Å². The fourth-order valence-corrected chi connectivity index (χ4v) is 3.08. The van der Waals surface area contributed by atoms with Gasteiger partial charge in [-0.2, -0.15) is 0 Å². The molecule has 1 N–H and O–H groups in total. The quantitative estimate of drug-likeness (QED) is 0.834.